The van der Waals surface area contributed by atoms with E-state index < -0.39 is 24.0 Å². The van der Waals surface area contributed by atoms with Crippen LogP contribution in [-0.4, -0.2) is 44.1 Å². The average Bonchev–Trinajstić information content (AvgIpc) is 2.92. The van der Waals surface area contributed by atoms with Crippen LogP contribution in [0.3, 0.4) is 0 Å². The third-order valence-electron chi connectivity index (χ3n) is 4.39. The molecule has 2 aromatic rings. The van der Waals surface area contributed by atoms with Crippen molar-refractivity contribution in [3.05, 3.63) is 35.7 Å². The van der Waals surface area contributed by atoms with E-state index in [-0.39, 0.29) is 11.4 Å². The fraction of sp³-hybridized carbons (Fsp3) is 0.375. The van der Waals surface area contributed by atoms with Crippen molar-refractivity contribution < 1.29 is 28.2 Å². The highest BCUT2D eigenvalue weighted by molar-refractivity contribution is 5.97. The van der Waals surface area contributed by atoms with Crippen LogP contribution in [0.4, 0.5) is 8.78 Å². The number of nitrogens with one attached hydrogen (secondary N) is 1. The van der Waals surface area contributed by atoms with E-state index in [4.69, 9.17) is 0 Å². The fourth-order valence-electron chi connectivity index (χ4n) is 2.75. The van der Waals surface area contributed by atoms with Crippen LogP contribution >= 0.6 is 0 Å². The molecule has 1 heterocycles. The van der Waals surface area contributed by atoms with Gasteiger partial charge in [-0.05, 0) is 50.5 Å². The van der Waals surface area contributed by atoms with Gasteiger partial charge in [-0.15, -0.1) is 5.10 Å². The van der Waals surface area contributed by atoms with Gasteiger partial charge in [-0.3, -0.25) is 4.79 Å². The van der Waals surface area contributed by atoms with E-state index in [1.165, 1.54) is 28.9 Å². The summed E-state index contributed by atoms with van der Waals surface area (Å²) in [4.78, 5) is 23.8. The molecular formula is C16H16F2N4O4. The van der Waals surface area contributed by atoms with Crippen molar-refractivity contribution in [1.29, 1.82) is 0 Å². The van der Waals surface area contributed by atoms with Gasteiger partial charge in [0.25, 0.3) is 5.91 Å². The SMILES string of the molecule is Cc1c(C(=O)NC2(C(=O)O)CCC2)nnn1-c1ccc(OC(F)F)cc1. The number of rotatable bonds is 6. The molecule has 10 heteroatoms. The Kier molecular flexibility index (Phi) is 4.58. The molecule has 0 saturated heterocycles. The normalized spacial score (nSPS) is 15.4. The molecule has 3 rings (SSSR count). The van der Waals surface area contributed by atoms with Gasteiger partial charge in [0, 0.05) is 0 Å². The fourth-order valence-corrected chi connectivity index (χ4v) is 2.75. The number of alkyl halides is 2. The smallest absolute Gasteiger partial charge is 0.387 e. The zero-order valence-corrected chi connectivity index (χ0v) is 13.8. The van der Waals surface area contributed by atoms with Crippen molar-refractivity contribution in [2.24, 2.45) is 0 Å². The molecule has 1 amide bonds. The standard InChI is InChI=1S/C16H16F2N4O4/c1-9-12(13(23)19-16(14(24)25)7-2-8-16)20-21-22(9)10-3-5-11(6-4-10)26-15(17)18/h3-6,15H,2,7-8H2,1H3,(H,19,23)(H,24,25). The third-order valence-corrected chi connectivity index (χ3v) is 4.39. The first kappa shape index (κ1) is 17.8. The third kappa shape index (κ3) is 3.22. The molecule has 0 aliphatic heterocycles. The van der Waals surface area contributed by atoms with Gasteiger partial charge >= 0.3 is 12.6 Å². The summed E-state index contributed by atoms with van der Waals surface area (Å²) in [5.74, 6) is -1.70. The van der Waals surface area contributed by atoms with Crippen LogP contribution in [0.15, 0.2) is 24.3 Å². The molecule has 1 fully saturated rings. The Hall–Kier alpha value is -3.04. The first-order valence-corrected chi connectivity index (χ1v) is 7.86. The van der Waals surface area contributed by atoms with Crippen LogP contribution in [0.1, 0.15) is 35.4 Å². The summed E-state index contributed by atoms with van der Waals surface area (Å²) >= 11 is 0. The molecule has 1 saturated carbocycles. The molecule has 1 aliphatic rings. The lowest BCUT2D eigenvalue weighted by atomic mass is 9.76. The molecule has 0 radical (unpaired) electrons. The molecule has 0 atom stereocenters. The predicted molar refractivity (Wildman–Crippen MR) is 84.4 cm³/mol. The van der Waals surface area contributed by atoms with Gasteiger partial charge in [-0.25, -0.2) is 9.48 Å². The molecule has 1 aromatic heterocycles. The topological polar surface area (TPSA) is 106 Å². The lowest BCUT2D eigenvalue weighted by Gasteiger charge is -2.37. The Morgan fingerprint density at radius 2 is 1.96 bits per heavy atom. The largest absolute Gasteiger partial charge is 0.480 e. The number of carboxylic acids is 1. The summed E-state index contributed by atoms with van der Waals surface area (Å²) in [6, 6.07) is 5.67. The molecule has 1 aliphatic carbocycles. The van der Waals surface area contributed by atoms with E-state index in [0.717, 1.165) is 6.42 Å². The van der Waals surface area contributed by atoms with Crippen LogP contribution in [0, 0.1) is 6.92 Å². The summed E-state index contributed by atoms with van der Waals surface area (Å²) in [5.41, 5.74) is -0.357. The number of halogens is 2. The monoisotopic (exact) mass is 366 g/mol. The number of hydrogen-bond acceptors (Lipinski definition) is 5. The predicted octanol–water partition coefficient (Wildman–Crippen LogP) is 1.91. The average molecular weight is 366 g/mol. The van der Waals surface area contributed by atoms with E-state index in [1.54, 1.807) is 6.92 Å². The molecule has 138 valence electrons. The number of hydrogen-bond donors (Lipinski definition) is 2. The second-order valence-corrected chi connectivity index (χ2v) is 6.00. The van der Waals surface area contributed by atoms with E-state index in [1.807, 2.05) is 0 Å². The maximum absolute atomic E-state index is 12.4. The van der Waals surface area contributed by atoms with E-state index in [2.05, 4.69) is 20.4 Å². The van der Waals surface area contributed by atoms with Crippen molar-refractivity contribution >= 4 is 11.9 Å². The van der Waals surface area contributed by atoms with Gasteiger partial charge in [0.15, 0.2) is 5.69 Å². The first-order chi connectivity index (χ1) is 12.3. The number of amides is 1. The lowest BCUT2D eigenvalue weighted by Crippen LogP contribution is -2.59. The lowest BCUT2D eigenvalue weighted by molar-refractivity contribution is -0.148. The Morgan fingerprint density at radius 1 is 1.31 bits per heavy atom. The highest BCUT2D eigenvalue weighted by Crippen LogP contribution is 2.32. The molecule has 8 nitrogen and oxygen atoms in total. The van der Waals surface area contributed by atoms with Crippen molar-refractivity contribution in [3.8, 4) is 11.4 Å². The van der Waals surface area contributed by atoms with Gasteiger partial charge < -0.3 is 15.2 Å². The van der Waals surface area contributed by atoms with E-state index in [0.29, 0.717) is 24.2 Å². The molecule has 0 spiro atoms. The number of carbonyl (C=O) groups excluding carboxylic acids is 1. The minimum atomic E-state index is -2.92. The minimum absolute atomic E-state index is 0.00503. The Bertz CT molecular complexity index is 831. The molecule has 0 bridgehead atoms. The van der Waals surface area contributed by atoms with Crippen molar-refractivity contribution in [3.63, 3.8) is 0 Å². The van der Waals surface area contributed by atoms with Crippen LogP contribution in [0.25, 0.3) is 5.69 Å². The van der Waals surface area contributed by atoms with Gasteiger partial charge in [-0.2, -0.15) is 8.78 Å². The maximum Gasteiger partial charge on any atom is 0.387 e. The maximum atomic E-state index is 12.4. The molecule has 0 unspecified atom stereocenters. The van der Waals surface area contributed by atoms with Crippen LogP contribution < -0.4 is 10.1 Å². The van der Waals surface area contributed by atoms with Gasteiger partial charge in [-0.1, -0.05) is 5.21 Å². The van der Waals surface area contributed by atoms with E-state index >= 15 is 0 Å². The zero-order chi connectivity index (χ0) is 18.9. The number of nitrogens with zero attached hydrogens (tertiary/aromatic N) is 3. The summed E-state index contributed by atoms with van der Waals surface area (Å²) in [6.45, 7) is -1.32. The molecular weight excluding hydrogens is 350 g/mol. The second-order valence-electron chi connectivity index (χ2n) is 6.00. The second kappa shape index (κ2) is 6.70. The molecule has 2 N–H and O–H groups in total. The highest BCUT2D eigenvalue weighted by Gasteiger charge is 2.46. The number of aliphatic carboxylic acids is 1. The molecule has 1 aromatic carbocycles. The Labute approximate surface area is 146 Å². The summed E-state index contributed by atoms with van der Waals surface area (Å²) < 4.78 is 30.0. The van der Waals surface area contributed by atoms with Gasteiger partial charge in [0.2, 0.25) is 0 Å². The summed E-state index contributed by atoms with van der Waals surface area (Å²) in [6.07, 6.45) is 1.46. The number of carbonyl (C=O) groups is 2. The zero-order valence-electron chi connectivity index (χ0n) is 13.8. The van der Waals surface area contributed by atoms with Crippen LogP contribution in [-0.2, 0) is 4.79 Å². The number of carboxylic acid groups (broad SMARTS) is 1. The van der Waals surface area contributed by atoms with E-state index in [9.17, 15) is 23.5 Å². The highest BCUT2D eigenvalue weighted by atomic mass is 19.3. The van der Waals surface area contributed by atoms with Gasteiger partial charge in [0.1, 0.15) is 11.3 Å². The van der Waals surface area contributed by atoms with Gasteiger partial charge in [0.05, 0.1) is 11.4 Å². The first-order valence-electron chi connectivity index (χ1n) is 7.86. The van der Waals surface area contributed by atoms with Crippen molar-refractivity contribution in [2.45, 2.75) is 38.3 Å². The number of ether oxygens (including phenoxy) is 1. The van der Waals surface area contributed by atoms with Crippen LogP contribution in [0.5, 0.6) is 5.75 Å². The minimum Gasteiger partial charge on any atom is -0.480 e. The van der Waals surface area contributed by atoms with Crippen molar-refractivity contribution in [2.75, 3.05) is 0 Å². The quantitative estimate of drug-likeness (QED) is 0.809. The Morgan fingerprint density at radius 3 is 2.46 bits per heavy atom. The molecule has 26 heavy (non-hydrogen) atoms. The summed E-state index contributed by atoms with van der Waals surface area (Å²) in [5, 5.41) is 19.5. The Balaban J connectivity index is 1.79. The summed E-state index contributed by atoms with van der Waals surface area (Å²) in [7, 11) is 0. The number of benzene rings is 1. The van der Waals surface area contributed by atoms with Crippen molar-refractivity contribution in [1.82, 2.24) is 20.3 Å². The number of aromatic nitrogens is 3. The van der Waals surface area contributed by atoms with Crippen LogP contribution in [0.2, 0.25) is 0 Å².